The van der Waals surface area contributed by atoms with E-state index >= 15 is 0 Å². The van der Waals surface area contributed by atoms with E-state index in [-0.39, 0.29) is 24.9 Å². The summed E-state index contributed by atoms with van der Waals surface area (Å²) in [6.07, 6.45) is 0.984. The zero-order valence-electron chi connectivity index (χ0n) is 13.7. The number of nitrogens with zero attached hydrogens (tertiary/aromatic N) is 2. The predicted molar refractivity (Wildman–Crippen MR) is 87.5 cm³/mol. The number of halogens is 2. The van der Waals surface area contributed by atoms with E-state index in [0.717, 1.165) is 12.1 Å². The standard InChI is InChI=1S/C18H19F2N3O2/c1-23-17(25)9-15(18(23)11-5-6-12(19)13(20)8-11)22-10-16(24)14-4-2-3-7-21-14/h2-8,15-16,18,22,24H,9-10H2,1H3/t15-,16?,18+/m0/s1. The molecule has 1 unspecified atom stereocenters. The third-order valence-corrected chi connectivity index (χ3v) is 4.47. The fraction of sp³-hybridized carbons (Fsp3) is 0.333. The van der Waals surface area contributed by atoms with Crippen molar-refractivity contribution in [3.63, 3.8) is 0 Å². The minimum atomic E-state index is -0.947. The lowest BCUT2D eigenvalue weighted by atomic mass is 9.99. The summed E-state index contributed by atoms with van der Waals surface area (Å²) in [5.74, 6) is -1.97. The van der Waals surface area contributed by atoms with E-state index < -0.39 is 23.8 Å². The van der Waals surface area contributed by atoms with Crippen LogP contribution in [0.2, 0.25) is 0 Å². The summed E-state index contributed by atoms with van der Waals surface area (Å²) < 4.78 is 26.8. The highest BCUT2D eigenvalue weighted by molar-refractivity contribution is 5.80. The lowest BCUT2D eigenvalue weighted by Gasteiger charge is -2.27. The molecule has 1 aromatic heterocycles. The van der Waals surface area contributed by atoms with Crippen LogP contribution in [0.5, 0.6) is 0 Å². The normalized spacial score (nSPS) is 21.6. The number of benzene rings is 1. The third-order valence-electron chi connectivity index (χ3n) is 4.47. The number of hydrogen-bond donors (Lipinski definition) is 2. The molecule has 3 atom stereocenters. The molecule has 0 saturated carbocycles. The van der Waals surface area contributed by atoms with E-state index in [4.69, 9.17) is 0 Å². The molecule has 2 aromatic rings. The maximum atomic E-state index is 13.6. The van der Waals surface area contributed by atoms with Crippen molar-refractivity contribution in [3.8, 4) is 0 Å². The molecular formula is C18H19F2N3O2. The van der Waals surface area contributed by atoms with Gasteiger partial charge in [0, 0.05) is 32.3 Å². The number of pyridine rings is 1. The molecule has 0 aliphatic carbocycles. The van der Waals surface area contributed by atoms with Crippen molar-refractivity contribution >= 4 is 5.91 Å². The monoisotopic (exact) mass is 347 g/mol. The maximum absolute atomic E-state index is 13.6. The van der Waals surface area contributed by atoms with Crippen LogP contribution in [-0.2, 0) is 4.79 Å². The highest BCUT2D eigenvalue weighted by Crippen LogP contribution is 2.32. The zero-order chi connectivity index (χ0) is 18.0. The Kier molecular flexibility index (Phi) is 5.06. The van der Waals surface area contributed by atoms with Gasteiger partial charge in [-0.1, -0.05) is 12.1 Å². The quantitative estimate of drug-likeness (QED) is 0.868. The Morgan fingerprint density at radius 1 is 1.32 bits per heavy atom. The van der Waals surface area contributed by atoms with E-state index in [1.807, 2.05) is 0 Å². The van der Waals surface area contributed by atoms with Crippen LogP contribution in [0.15, 0.2) is 42.6 Å². The van der Waals surface area contributed by atoms with Crippen molar-refractivity contribution in [2.24, 2.45) is 0 Å². The molecule has 25 heavy (non-hydrogen) atoms. The van der Waals surface area contributed by atoms with Crippen LogP contribution in [0.4, 0.5) is 8.78 Å². The summed E-state index contributed by atoms with van der Waals surface area (Å²) in [5.41, 5.74) is 1.04. The molecular weight excluding hydrogens is 328 g/mol. The Morgan fingerprint density at radius 3 is 2.80 bits per heavy atom. The first-order valence-corrected chi connectivity index (χ1v) is 8.00. The van der Waals surface area contributed by atoms with Crippen LogP contribution < -0.4 is 5.32 Å². The lowest BCUT2D eigenvalue weighted by Crippen LogP contribution is -2.37. The Labute approximate surface area is 144 Å². The van der Waals surface area contributed by atoms with Crippen molar-refractivity contribution in [3.05, 3.63) is 65.5 Å². The molecule has 1 aliphatic rings. The molecule has 7 heteroatoms. The first-order valence-electron chi connectivity index (χ1n) is 8.00. The SMILES string of the molecule is CN1C(=O)C[C@H](NCC(O)c2ccccn2)[C@H]1c1ccc(F)c(F)c1. The van der Waals surface area contributed by atoms with Gasteiger partial charge in [0.1, 0.15) is 6.10 Å². The number of aromatic nitrogens is 1. The van der Waals surface area contributed by atoms with Crippen LogP contribution in [0, 0.1) is 11.6 Å². The average molecular weight is 347 g/mol. The zero-order valence-corrected chi connectivity index (χ0v) is 13.7. The Balaban J connectivity index is 1.74. The third kappa shape index (κ3) is 3.67. The summed E-state index contributed by atoms with van der Waals surface area (Å²) in [5, 5.41) is 13.4. The van der Waals surface area contributed by atoms with Gasteiger partial charge in [-0.05, 0) is 29.8 Å². The Hall–Kier alpha value is -2.38. The minimum Gasteiger partial charge on any atom is -0.385 e. The van der Waals surface area contributed by atoms with Gasteiger partial charge in [-0.2, -0.15) is 0 Å². The molecule has 0 radical (unpaired) electrons. The number of aliphatic hydroxyl groups is 1. The fourth-order valence-electron chi connectivity index (χ4n) is 3.15. The highest BCUT2D eigenvalue weighted by atomic mass is 19.2. The number of carbonyl (C=O) groups is 1. The van der Waals surface area contributed by atoms with E-state index in [9.17, 15) is 18.7 Å². The number of carbonyl (C=O) groups excluding carboxylic acids is 1. The van der Waals surface area contributed by atoms with Crippen LogP contribution in [0.3, 0.4) is 0 Å². The molecule has 3 rings (SSSR count). The molecule has 1 fully saturated rings. The molecule has 2 N–H and O–H groups in total. The molecule has 132 valence electrons. The van der Waals surface area contributed by atoms with Gasteiger partial charge in [-0.3, -0.25) is 9.78 Å². The fourth-order valence-corrected chi connectivity index (χ4v) is 3.15. The maximum Gasteiger partial charge on any atom is 0.224 e. The second-order valence-electron chi connectivity index (χ2n) is 6.11. The van der Waals surface area contributed by atoms with Crippen molar-refractivity contribution in [1.29, 1.82) is 0 Å². The van der Waals surface area contributed by atoms with Gasteiger partial charge in [0.05, 0.1) is 11.7 Å². The molecule has 0 spiro atoms. The van der Waals surface area contributed by atoms with Gasteiger partial charge in [-0.15, -0.1) is 0 Å². The number of hydrogen-bond acceptors (Lipinski definition) is 4. The van der Waals surface area contributed by atoms with Crippen LogP contribution in [0.1, 0.15) is 29.8 Å². The number of amides is 1. The second-order valence-corrected chi connectivity index (χ2v) is 6.11. The number of likely N-dealkylation sites (tertiary alicyclic amines) is 1. The van der Waals surface area contributed by atoms with Gasteiger partial charge >= 0.3 is 0 Å². The van der Waals surface area contributed by atoms with Crippen LogP contribution >= 0.6 is 0 Å². The van der Waals surface area contributed by atoms with Crippen LogP contribution in [0.25, 0.3) is 0 Å². The van der Waals surface area contributed by atoms with Crippen molar-refractivity contribution in [2.75, 3.05) is 13.6 Å². The van der Waals surface area contributed by atoms with E-state index in [2.05, 4.69) is 10.3 Å². The first-order chi connectivity index (χ1) is 12.0. The summed E-state index contributed by atoms with van der Waals surface area (Å²) in [6.45, 7) is 0.197. The van der Waals surface area contributed by atoms with Gasteiger partial charge in [0.2, 0.25) is 5.91 Å². The lowest BCUT2D eigenvalue weighted by molar-refractivity contribution is -0.127. The van der Waals surface area contributed by atoms with Gasteiger partial charge in [-0.25, -0.2) is 8.78 Å². The molecule has 1 aliphatic heterocycles. The number of rotatable bonds is 5. The second kappa shape index (κ2) is 7.25. The largest absolute Gasteiger partial charge is 0.385 e. The Morgan fingerprint density at radius 2 is 2.12 bits per heavy atom. The molecule has 0 bridgehead atoms. The predicted octanol–water partition coefficient (Wildman–Crippen LogP) is 1.95. The number of likely N-dealkylation sites (N-methyl/N-ethyl adjacent to an activating group) is 1. The molecule has 1 amide bonds. The smallest absolute Gasteiger partial charge is 0.224 e. The van der Waals surface area contributed by atoms with Crippen molar-refractivity contribution < 1.29 is 18.7 Å². The molecule has 1 aromatic carbocycles. The van der Waals surface area contributed by atoms with Gasteiger partial charge in [0.15, 0.2) is 11.6 Å². The van der Waals surface area contributed by atoms with E-state index in [0.29, 0.717) is 11.3 Å². The Bertz CT molecular complexity index is 757. The molecule has 5 nitrogen and oxygen atoms in total. The van der Waals surface area contributed by atoms with E-state index in [1.165, 1.54) is 11.0 Å². The van der Waals surface area contributed by atoms with E-state index in [1.54, 1.807) is 31.4 Å². The first kappa shape index (κ1) is 17.4. The number of nitrogens with one attached hydrogen (secondary N) is 1. The van der Waals surface area contributed by atoms with Crippen LogP contribution in [-0.4, -0.2) is 40.5 Å². The molecule has 2 heterocycles. The topological polar surface area (TPSA) is 65.5 Å². The van der Waals surface area contributed by atoms with Gasteiger partial charge in [0.25, 0.3) is 0 Å². The molecule has 1 saturated heterocycles. The number of aliphatic hydroxyl groups excluding tert-OH is 1. The highest BCUT2D eigenvalue weighted by Gasteiger charge is 2.38. The van der Waals surface area contributed by atoms with Gasteiger partial charge < -0.3 is 15.3 Å². The summed E-state index contributed by atoms with van der Waals surface area (Å²) in [6, 6.07) is 8.14. The van der Waals surface area contributed by atoms with Crippen molar-refractivity contribution in [1.82, 2.24) is 15.2 Å². The van der Waals surface area contributed by atoms with Crippen molar-refractivity contribution in [2.45, 2.75) is 24.6 Å². The minimum absolute atomic E-state index is 0.0976. The summed E-state index contributed by atoms with van der Waals surface area (Å²) >= 11 is 0. The summed E-state index contributed by atoms with van der Waals surface area (Å²) in [7, 11) is 1.63. The average Bonchev–Trinajstić information content (AvgIpc) is 2.90. The summed E-state index contributed by atoms with van der Waals surface area (Å²) in [4.78, 5) is 17.7.